The van der Waals surface area contributed by atoms with Gasteiger partial charge in [0.05, 0.1) is 0 Å². The van der Waals surface area contributed by atoms with Gasteiger partial charge < -0.3 is 5.32 Å². The highest BCUT2D eigenvalue weighted by molar-refractivity contribution is 5.76. The predicted octanol–water partition coefficient (Wildman–Crippen LogP) is 3.19. The highest BCUT2D eigenvalue weighted by atomic mass is 16.1. The van der Waals surface area contributed by atoms with Gasteiger partial charge in [0.25, 0.3) is 0 Å². The second-order valence-corrected chi connectivity index (χ2v) is 9.27. The van der Waals surface area contributed by atoms with E-state index >= 15 is 0 Å². The van der Waals surface area contributed by atoms with E-state index in [-0.39, 0.29) is 11.4 Å². The van der Waals surface area contributed by atoms with Gasteiger partial charge in [-0.15, -0.1) is 0 Å². The summed E-state index contributed by atoms with van der Waals surface area (Å²) in [5, 5.41) is 3.06. The fourth-order valence-electron chi connectivity index (χ4n) is 5.37. The van der Waals surface area contributed by atoms with E-state index in [1.807, 2.05) is 0 Å². The standard InChI is InChI=1S/C21H37N3O/c1-17-6-5-9-20(2,3)18(17)8-13-24-15-14-23(4)21(16-24)10-7-19(25)22-12-11-21/h5-16H2,1-4H3,(H,22,25)/t21-/m0/s1. The molecule has 142 valence electrons. The first-order valence-corrected chi connectivity index (χ1v) is 10.2. The number of amides is 1. The van der Waals surface area contributed by atoms with E-state index in [0.717, 1.165) is 39.0 Å². The maximum Gasteiger partial charge on any atom is 0.220 e. The van der Waals surface area contributed by atoms with Gasteiger partial charge >= 0.3 is 0 Å². The minimum absolute atomic E-state index is 0.183. The summed E-state index contributed by atoms with van der Waals surface area (Å²) in [5.74, 6) is 0.229. The highest BCUT2D eigenvalue weighted by Crippen LogP contribution is 2.42. The Morgan fingerprint density at radius 1 is 1.12 bits per heavy atom. The van der Waals surface area contributed by atoms with E-state index in [2.05, 4.69) is 42.9 Å². The van der Waals surface area contributed by atoms with Crippen molar-refractivity contribution in [2.75, 3.05) is 39.8 Å². The smallest absolute Gasteiger partial charge is 0.220 e. The van der Waals surface area contributed by atoms with Crippen molar-refractivity contribution in [3.8, 4) is 0 Å². The van der Waals surface area contributed by atoms with Crippen LogP contribution >= 0.6 is 0 Å². The lowest BCUT2D eigenvalue weighted by atomic mass is 9.71. The molecule has 2 heterocycles. The van der Waals surface area contributed by atoms with Crippen molar-refractivity contribution in [3.05, 3.63) is 11.1 Å². The quantitative estimate of drug-likeness (QED) is 0.797. The first-order chi connectivity index (χ1) is 11.8. The molecule has 3 rings (SSSR count). The zero-order valence-corrected chi connectivity index (χ0v) is 16.8. The zero-order chi connectivity index (χ0) is 18.1. The van der Waals surface area contributed by atoms with Crippen molar-refractivity contribution >= 4 is 5.91 Å². The number of nitrogens with zero attached hydrogens (tertiary/aromatic N) is 2. The number of rotatable bonds is 3. The third kappa shape index (κ3) is 4.11. The van der Waals surface area contributed by atoms with Gasteiger partial charge in [0.2, 0.25) is 5.91 Å². The van der Waals surface area contributed by atoms with Gasteiger partial charge in [-0.05, 0) is 57.9 Å². The lowest BCUT2D eigenvalue weighted by Gasteiger charge is -2.49. The number of carbonyl (C=O) groups is 1. The molecule has 1 spiro atoms. The molecule has 0 unspecified atom stereocenters. The summed E-state index contributed by atoms with van der Waals surface area (Å²) in [6, 6.07) is 0. The van der Waals surface area contributed by atoms with Crippen molar-refractivity contribution < 1.29 is 4.79 Å². The molecule has 2 aliphatic heterocycles. The summed E-state index contributed by atoms with van der Waals surface area (Å²) in [4.78, 5) is 17.0. The normalized spacial score (nSPS) is 31.9. The Labute approximate surface area is 154 Å². The Hall–Kier alpha value is -0.870. The molecule has 0 aromatic rings. The molecule has 1 aliphatic carbocycles. The maximum absolute atomic E-state index is 11.8. The minimum atomic E-state index is 0.183. The van der Waals surface area contributed by atoms with Crippen molar-refractivity contribution in [1.82, 2.24) is 15.1 Å². The van der Waals surface area contributed by atoms with Crippen LogP contribution in [0.2, 0.25) is 0 Å². The van der Waals surface area contributed by atoms with Crippen molar-refractivity contribution in [2.24, 2.45) is 5.41 Å². The second-order valence-electron chi connectivity index (χ2n) is 9.27. The molecule has 4 nitrogen and oxygen atoms in total. The number of hydrogen-bond donors (Lipinski definition) is 1. The SMILES string of the molecule is CC1=C(CCN2CCN(C)[C@@]3(CCNC(=O)CC3)C2)C(C)(C)CCC1. The Bertz CT molecular complexity index is 539. The molecule has 0 aromatic carbocycles. The van der Waals surface area contributed by atoms with Gasteiger partial charge in [0.15, 0.2) is 0 Å². The molecule has 25 heavy (non-hydrogen) atoms. The largest absolute Gasteiger partial charge is 0.356 e. The van der Waals surface area contributed by atoms with Crippen LogP contribution in [0, 0.1) is 5.41 Å². The maximum atomic E-state index is 11.8. The van der Waals surface area contributed by atoms with Crippen LogP contribution in [0.4, 0.5) is 0 Å². The Morgan fingerprint density at radius 3 is 2.68 bits per heavy atom. The lowest BCUT2D eigenvalue weighted by Crippen LogP contribution is -2.61. The van der Waals surface area contributed by atoms with Crippen molar-refractivity contribution in [2.45, 2.75) is 71.3 Å². The van der Waals surface area contributed by atoms with Gasteiger partial charge in [0, 0.05) is 44.7 Å². The monoisotopic (exact) mass is 347 g/mol. The average molecular weight is 348 g/mol. The first-order valence-electron chi connectivity index (χ1n) is 10.2. The molecular weight excluding hydrogens is 310 g/mol. The van der Waals surface area contributed by atoms with Crippen LogP contribution in [0.15, 0.2) is 11.1 Å². The van der Waals surface area contributed by atoms with E-state index in [4.69, 9.17) is 0 Å². The summed E-state index contributed by atoms with van der Waals surface area (Å²) in [7, 11) is 2.25. The molecule has 0 saturated carbocycles. The van der Waals surface area contributed by atoms with Gasteiger partial charge in [-0.1, -0.05) is 25.0 Å². The Kier molecular flexibility index (Phi) is 5.60. The highest BCUT2D eigenvalue weighted by Gasteiger charge is 2.41. The van der Waals surface area contributed by atoms with Gasteiger partial charge in [-0.25, -0.2) is 0 Å². The molecule has 1 N–H and O–H groups in total. The number of carbonyl (C=O) groups excluding carboxylic acids is 1. The van der Waals surface area contributed by atoms with E-state index < -0.39 is 0 Å². The molecular formula is C21H37N3O. The van der Waals surface area contributed by atoms with Crippen molar-refractivity contribution in [1.29, 1.82) is 0 Å². The van der Waals surface area contributed by atoms with Crippen LogP contribution in [-0.4, -0.2) is 61.0 Å². The second kappa shape index (κ2) is 7.40. The molecule has 0 aromatic heterocycles. The average Bonchev–Trinajstić information content (AvgIpc) is 2.72. The van der Waals surface area contributed by atoms with Crippen LogP contribution in [0.5, 0.6) is 0 Å². The van der Waals surface area contributed by atoms with Crippen molar-refractivity contribution in [3.63, 3.8) is 0 Å². The van der Waals surface area contributed by atoms with Gasteiger partial charge in [0.1, 0.15) is 0 Å². The fourth-order valence-corrected chi connectivity index (χ4v) is 5.37. The zero-order valence-electron chi connectivity index (χ0n) is 16.8. The van der Waals surface area contributed by atoms with Crippen LogP contribution in [-0.2, 0) is 4.79 Å². The van der Waals surface area contributed by atoms with Crippen LogP contribution < -0.4 is 5.32 Å². The number of piperazine rings is 1. The molecule has 0 bridgehead atoms. The third-order valence-electron chi connectivity index (χ3n) is 7.17. The number of hydrogen-bond acceptors (Lipinski definition) is 3. The summed E-state index contributed by atoms with van der Waals surface area (Å²) in [6.45, 7) is 12.6. The molecule has 2 saturated heterocycles. The number of likely N-dealkylation sites (N-methyl/N-ethyl adjacent to an activating group) is 1. The summed E-state index contributed by atoms with van der Waals surface area (Å²) in [5.41, 5.74) is 3.92. The van der Waals surface area contributed by atoms with Gasteiger partial charge in [-0.2, -0.15) is 0 Å². The van der Waals surface area contributed by atoms with E-state index in [9.17, 15) is 4.79 Å². The van der Waals surface area contributed by atoms with Crippen LogP contribution in [0.3, 0.4) is 0 Å². The van der Waals surface area contributed by atoms with Crippen LogP contribution in [0.1, 0.15) is 65.7 Å². The number of nitrogens with one attached hydrogen (secondary N) is 1. The van der Waals surface area contributed by atoms with Gasteiger partial charge in [-0.3, -0.25) is 14.6 Å². The number of allylic oxidation sites excluding steroid dienone is 1. The summed E-state index contributed by atoms with van der Waals surface area (Å²) >= 11 is 0. The third-order valence-corrected chi connectivity index (χ3v) is 7.17. The molecule has 3 aliphatic rings. The molecule has 1 amide bonds. The van der Waals surface area contributed by atoms with E-state index in [0.29, 0.717) is 11.8 Å². The molecule has 1 atom stereocenters. The lowest BCUT2D eigenvalue weighted by molar-refractivity contribution is -0.121. The fraction of sp³-hybridized carbons (Fsp3) is 0.857. The topological polar surface area (TPSA) is 35.6 Å². The minimum Gasteiger partial charge on any atom is -0.356 e. The van der Waals surface area contributed by atoms with Crippen LogP contribution in [0.25, 0.3) is 0 Å². The molecule has 0 radical (unpaired) electrons. The summed E-state index contributed by atoms with van der Waals surface area (Å²) in [6.07, 6.45) is 7.95. The Morgan fingerprint density at radius 2 is 1.92 bits per heavy atom. The molecule has 2 fully saturated rings. The predicted molar refractivity (Wildman–Crippen MR) is 104 cm³/mol. The van der Waals surface area contributed by atoms with E-state index in [1.54, 1.807) is 11.1 Å². The molecule has 4 heteroatoms. The summed E-state index contributed by atoms with van der Waals surface area (Å²) < 4.78 is 0. The first kappa shape index (κ1) is 18.9. The van der Waals surface area contributed by atoms with E-state index in [1.165, 1.54) is 32.2 Å². The Balaban J connectivity index is 1.65.